The Kier molecular flexibility index (Phi) is 6.27. The van der Waals surface area contributed by atoms with Gasteiger partial charge in [0.2, 0.25) is 0 Å². The minimum Gasteiger partial charge on any atom is -0.462 e. The quantitative estimate of drug-likeness (QED) is 0.263. The van der Waals surface area contributed by atoms with Gasteiger partial charge >= 0.3 is 5.97 Å². The maximum atomic E-state index is 14.8. The van der Waals surface area contributed by atoms with E-state index in [4.69, 9.17) is 9.72 Å². The molecule has 0 spiro atoms. The monoisotopic (exact) mass is 512 g/mol. The van der Waals surface area contributed by atoms with Gasteiger partial charge < -0.3 is 14.2 Å². The fraction of sp³-hybridized carbons (Fsp3) is 0.310. The lowest BCUT2D eigenvalue weighted by atomic mass is 10.1. The van der Waals surface area contributed by atoms with Gasteiger partial charge in [-0.15, -0.1) is 0 Å². The van der Waals surface area contributed by atoms with Crippen LogP contribution in [0.3, 0.4) is 0 Å². The molecule has 0 saturated heterocycles. The van der Waals surface area contributed by atoms with Crippen LogP contribution < -0.4 is 4.90 Å². The molecule has 1 unspecified atom stereocenters. The molecule has 4 heterocycles. The van der Waals surface area contributed by atoms with Crippen LogP contribution in [0.1, 0.15) is 48.1 Å². The first-order chi connectivity index (χ1) is 18.5. The lowest BCUT2D eigenvalue weighted by molar-refractivity contribution is 0.0528. The van der Waals surface area contributed by atoms with Gasteiger partial charge in [0.1, 0.15) is 23.2 Å². The zero-order valence-electron chi connectivity index (χ0n) is 21.4. The molecule has 194 valence electrons. The number of nitrogens with zero attached hydrogens (tertiary/aromatic N) is 6. The number of pyridine rings is 1. The summed E-state index contributed by atoms with van der Waals surface area (Å²) in [6, 6.07) is 15.7. The van der Waals surface area contributed by atoms with Crippen molar-refractivity contribution >= 4 is 28.5 Å². The second kappa shape index (κ2) is 9.89. The molecule has 4 aromatic heterocycles. The summed E-state index contributed by atoms with van der Waals surface area (Å²) >= 11 is 0. The van der Waals surface area contributed by atoms with Crippen molar-refractivity contribution < 1.29 is 13.9 Å². The first-order valence-corrected chi connectivity index (χ1v) is 13.0. The molecular formula is C29H29FN6O2. The minimum atomic E-state index is -0.909. The number of halogens is 1. The third-order valence-electron chi connectivity index (χ3n) is 7.22. The van der Waals surface area contributed by atoms with Gasteiger partial charge in [-0.1, -0.05) is 30.3 Å². The zero-order valence-corrected chi connectivity index (χ0v) is 21.4. The number of ether oxygens (including phenoxy) is 1. The lowest BCUT2D eigenvalue weighted by Gasteiger charge is -2.21. The van der Waals surface area contributed by atoms with E-state index in [0.717, 1.165) is 40.8 Å². The van der Waals surface area contributed by atoms with Gasteiger partial charge in [-0.2, -0.15) is 9.61 Å². The van der Waals surface area contributed by atoms with Crippen LogP contribution >= 0.6 is 0 Å². The third kappa shape index (κ3) is 4.17. The molecule has 5 aromatic rings. The largest absolute Gasteiger partial charge is 0.462 e. The Hall–Kier alpha value is -4.27. The number of benzene rings is 1. The van der Waals surface area contributed by atoms with Crippen LogP contribution in [0.4, 0.5) is 10.2 Å². The molecule has 6 rings (SSSR count). The molecule has 1 aliphatic carbocycles. The van der Waals surface area contributed by atoms with E-state index < -0.39 is 12.1 Å². The summed E-state index contributed by atoms with van der Waals surface area (Å²) < 4.78 is 23.8. The van der Waals surface area contributed by atoms with Crippen LogP contribution in [-0.2, 0) is 11.3 Å². The second-order valence-electron chi connectivity index (χ2n) is 9.69. The molecule has 1 saturated carbocycles. The molecule has 0 bridgehead atoms. The van der Waals surface area contributed by atoms with Gasteiger partial charge in [0.15, 0.2) is 5.65 Å². The first-order valence-electron chi connectivity index (χ1n) is 13.0. The Bertz CT molecular complexity index is 1610. The highest BCUT2D eigenvalue weighted by Crippen LogP contribution is 2.39. The van der Waals surface area contributed by atoms with E-state index in [1.165, 1.54) is 6.20 Å². The molecule has 0 N–H and O–H groups in total. The smallest absolute Gasteiger partial charge is 0.343 e. The highest BCUT2D eigenvalue weighted by molar-refractivity contribution is 5.98. The summed E-state index contributed by atoms with van der Waals surface area (Å²) in [7, 11) is 1.98. The summed E-state index contributed by atoms with van der Waals surface area (Å²) in [4.78, 5) is 24.4. The van der Waals surface area contributed by atoms with Crippen molar-refractivity contribution in [1.82, 2.24) is 24.1 Å². The van der Waals surface area contributed by atoms with Crippen LogP contribution in [0, 0.1) is 0 Å². The highest BCUT2D eigenvalue weighted by Gasteiger charge is 2.31. The number of anilines is 1. The van der Waals surface area contributed by atoms with Gasteiger partial charge in [0, 0.05) is 43.0 Å². The van der Waals surface area contributed by atoms with Crippen LogP contribution in [0.2, 0.25) is 0 Å². The van der Waals surface area contributed by atoms with Crippen molar-refractivity contribution in [3.05, 3.63) is 78.2 Å². The summed E-state index contributed by atoms with van der Waals surface area (Å²) in [5.74, 6) is 0.289. The maximum absolute atomic E-state index is 14.8. The summed E-state index contributed by atoms with van der Waals surface area (Å²) in [6.45, 7) is 2.65. The lowest BCUT2D eigenvalue weighted by Crippen LogP contribution is -2.20. The molecule has 9 heteroatoms. The minimum absolute atomic E-state index is 0.252. The van der Waals surface area contributed by atoms with E-state index in [2.05, 4.69) is 27.1 Å². The Balaban J connectivity index is 1.54. The van der Waals surface area contributed by atoms with E-state index >= 15 is 0 Å². The Morgan fingerprint density at radius 2 is 2.00 bits per heavy atom. The summed E-state index contributed by atoms with van der Waals surface area (Å²) in [6.07, 6.45) is 6.47. The van der Waals surface area contributed by atoms with Crippen LogP contribution in [0.5, 0.6) is 0 Å². The van der Waals surface area contributed by atoms with Gasteiger partial charge in [0.25, 0.3) is 0 Å². The molecule has 0 amide bonds. The predicted octanol–water partition coefficient (Wildman–Crippen LogP) is 5.62. The molecule has 1 aliphatic rings. The van der Waals surface area contributed by atoms with Crippen LogP contribution in [-0.4, -0.2) is 49.9 Å². The van der Waals surface area contributed by atoms with E-state index in [9.17, 15) is 9.18 Å². The van der Waals surface area contributed by atoms with E-state index in [1.54, 1.807) is 17.6 Å². The summed E-state index contributed by atoms with van der Waals surface area (Å²) in [5, 5.41) is 5.39. The molecule has 38 heavy (non-hydrogen) atoms. The third-order valence-corrected chi connectivity index (χ3v) is 7.22. The average Bonchev–Trinajstić information content (AvgIpc) is 3.65. The van der Waals surface area contributed by atoms with E-state index in [1.807, 2.05) is 54.2 Å². The van der Waals surface area contributed by atoms with Crippen LogP contribution in [0.25, 0.3) is 27.9 Å². The molecule has 1 aromatic carbocycles. The number of carbonyl (C=O) groups is 1. The number of rotatable bonds is 7. The molecule has 8 nitrogen and oxygen atoms in total. The van der Waals surface area contributed by atoms with Gasteiger partial charge in [0.05, 0.1) is 24.5 Å². The Morgan fingerprint density at radius 3 is 2.76 bits per heavy atom. The number of carbonyl (C=O) groups excluding carboxylic acids is 1. The molecule has 0 radical (unpaired) electrons. The average molecular weight is 513 g/mol. The Labute approximate surface area is 219 Å². The number of aromatic nitrogens is 5. The zero-order chi connectivity index (χ0) is 26.2. The highest BCUT2D eigenvalue weighted by atomic mass is 19.1. The molecule has 1 fully saturated rings. The predicted molar refractivity (Wildman–Crippen MR) is 144 cm³/mol. The SMILES string of the molecule is CCOC(=O)c1cnn2c(N(C)Cc3ccccc3)cc(-c3cn(C4CCC[C@@H]4F)c4ncccc34)nc12. The van der Waals surface area contributed by atoms with Gasteiger partial charge in [-0.25, -0.2) is 19.2 Å². The second-order valence-corrected chi connectivity index (χ2v) is 9.69. The van der Waals surface area contributed by atoms with Crippen LogP contribution in [0.15, 0.2) is 67.1 Å². The first kappa shape index (κ1) is 24.1. The molecule has 2 atom stereocenters. The van der Waals surface area contributed by atoms with E-state index in [0.29, 0.717) is 29.9 Å². The van der Waals surface area contributed by atoms with Crippen molar-refractivity contribution in [2.45, 2.75) is 44.9 Å². The fourth-order valence-corrected chi connectivity index (χ4v) is 5.40. The van der Waals surface area contributed by atoms with Crippen molar-refractivity contribution in [2.24, 2.45) is 0 Å². The van der Waals surface area contributed by atoms with Gasteiger partial charge in [-0.3, -0.25) is 0 Å². The molecule has 0 aliphatic heterocycles. The Morgan fingerprint density at radius 1 is 1.16 bits per heavy atom. The summed E-state index contributed by atoms with van der Waals surface area (Å²) in [5.41, 5.74) is 4.06. The normalized spacial score (nSPS) is 17.3. The van der Waals surface area contributed by atoms with Gasteiger partial charge in [-0.05, 0) is 43.9 Å². The molecular weight excluding hydrogens is 483 g/mol. The number of alkyl halides is 1. The van der Waals surface area contributed by atoms with E-state index in [-0.39, 0.29) is 12.6 Å². The standard InChI is InChI=1S/C29H29FN6O2/c1-3-38-29(37)21-16-32-36-26(34(2)17-19-9-5-4-6-10-19)15-24(33-28(21)36)22-18-35(25-13-7-12-23(25)30)27-20(22)11-8-14-31-27/h4-6,8-11,14-16,18,23,25H,3,7,12-13,17H2,1-2H3/t23-,25?/m0/s1. The number of fused-ring (bicyclic) bond motifs is 2. The number of hydrogen-bond donors (Lipinski definition) is 0. The number of esters is 1. The van der Waals surface area contributed by atoms with Crippen molar-refractivity contribution in [3.8, 4) is 11.3 Å². The van der Waals surface area contributed by atoms with Crippen molar-refractivity contribution in [1.29, 1.82) is 0 Å². The number of hydrogen-bond acceptors (Lipinski definition) is 6. The van der Waals surface area contributed by atoms with Crippen molar-refractivity contribution in [3.63, 3.8) is 0 Å². The maximum Gasteiger partial charge on any atom is 0.343 e. The topological polar surface area (TPSA) is 77.5 Å². The van der Waals surface area contributed by atoms with Crippen molar-refractivity contribution in [2.75, 3.05) is 18.6 Å². The fourth-order valence-electron chi connectivity index (χ4n) is 5.40.